The van der Waals surface area contributed by atoms with Crippen molar-refractivity contribution >= 4 is 27.5 Å². The molecule has 1 heterocycles. The Hall–Kier alpha value is -2.06. The van der Waals surface area contributed by atoms with E-state index in [-0.39, 0.29) is 5.91 Å². The first-order valence-corrected chi connectivity index (χ1v) is 6.60. The summed E-state index contributed by atoms with van der Waals surface area (Å²) in [6.07, 6.45) is 1.87. The molecule has 0 saturated carbocycles. The van der Waals surface area contributed by atoms with E-state index in [0.29, 0.717) is 16.9 Å². The van der Waals surface area contributed by atoms with Crippen molar-refractivity contribution in [3.05, 3.63) is 52.3 Å². The Morgan fingerprint density at radius 3 is 2.68 bits per heavy atom. The van der Waals surface area contributed by atoms with Crippen LogP contribution in [-0.4, -0.2) is 10.5 Å². The van der Waals surface area contributed by atoms with Gasteiger partial charge in [0.25, 0.3) is 5.91 Å². The molecule has 2 rings (SSSR count). The van der Waals surface area contributed by atoms with E-state index in [1.165, 1.54) is 0 Å². The lowest BCUT2D eigenvalue weighted by atomic mass is 10.2. The third-order valence-electron chi connectivity index (χ3n) is 2.71. The van der Waals surface area contributed by atoms with Crippen molar-refractivity contribution in [1.82, 2.24) is 4.57 Å². The van der Waals surface area contributed by atoms with Crippen LogP contribution < -0.4 is 5.32 Å². The zero-order valence-electron chi connectivity index (χ0n) is 10.4. The first-order valence-electron chi connectivity index (χ1n) is 5.81. The normalized spacial score (nSPS) is 9.95. The van der Waals surface area contributed by atoms with E-state index in [0.717, 1.165) is 11.0 Å². The van der Waals surface area contributed by atoms with Crippen LogP contribution in [-0.2, 0) is 6.54 Å². The Bertz CT molecular complexity index is 638. The molecule has 0 aliphatic carbocycles. The lowest BCUT2D eigenvalue weighted by molar-refractivity contribution is 0.101. The van der Waals surface area contributed by atoms with Crippen molar-refractivity contribution in [3.63, 3.8) is 0 Å². The summed E-state index contributed by atoms with van der Waals surface area (Å²) in [6.45, 7) is 2.70. The van der Waals surface area contributed by atoms with Crippen LogP contribution in [0.3, 0.4) is 0 Å². The maximum atomic E-state index is 12.1. The maximum absolute atomic E-state index is 12.1. The zero-order chi connectivity index (χ0) is 13.8. The van der Waals surface area contributed by atoms with Crippen LogP contribution >= 0.6 is 15.9 Å². The van der Waals surface area contributed by atoms with E-state index in [4.69, 9.17) is 5.26 Å². The Kier molecular flexibility index (Phi) is 4.03. The van der Waals surface area contributed by atoms with Gasteiger partial charge in [-0.2, -0.15) is 5.26 Å². The van der Waals surface area contributed by atoms with Crippen LogP contribution in [0.25, 0.3) is 0 Å². The molecule has 1 amide bonds. The van der Waals surface area contributed by atoms with Gasteiger partial charge in [-0.15, -0.1) is 0 Å². The van der Waals surface area contributed by atoms with Gasteiger partial charge in [0.05, 0.1) is 11.6 Å². The highest BCUT2D eigenvalue weighted by atomic mass is 79.9. The van der Waals surface area contributed by atoms with Crippen LogP contribution in [0.15, 0.2) is 41.0 Å². The Morgan fingerprint density at radius 1 is 1.42 bits per heavy atom. The van der Waals surface area contributed by atoms with E-state index in [9.17, 15) is 4.79 Å². The summed E-state index contributed by atoms with van der Waals surface area (Å²) >= 11 is 3.36. The summed E-state index contributed by atoms with van der Waals surface area (Å²) in [4.78, 5) is 12.1. The van der Waals surface area contributed by atoms with E-state index < -0.39 is 0 Å². The second-order valence-electron chi connectivity index (χ2n) is 3.97. The highest BCUT2D eigenvalue weighted by Crippen LogP contribution is 2.17. The number of aromatic nitrogens is 1. The second kappa shape index (κ2) is 5.72. The van der Waals surface area contributed by atoms with Crippen molar-refractivity contribution in [1.29, 1.82) is 5.26 Å². The zero-order valence-corrected chi connectivity index (χ0v) is 11.9. The van der Waals surface area contributed by atoms with Gasteiger partial charge in [-0.25, -0.2) is 0 Å². The molecule has 0 spiro atoms. The number of carbonyl (C=O) groups is 1. The summed E-state index contributed by atoms with van der Waals surface area (Å²) in [5.41, 5.74) is 1.83. The number of hydrogen-bond donors (Lipinski definition) is 1. The molecular weight excluding hydrogens is 306 g/mol. The van der Waals surface area contributed by atoms with Crippen LogP contribution in [0.2, 0.25) is 0 Å². The number of benzene rings is 1. The molecule has 0 saturated heterocycles. The van der Waals surface area contributed by atoms with Gasteiger partial charge in [0.1, 0.15) is 5.69 Å². The minimum atomic E-state index is -0.169. The summed E-state index contributed by atoms with van der Waals surface area (Å²) in [5.74, 6) is -0.169. The molecule has 0 radical (unpaired) electrons. The predicted octanol–water partition coefficient (Wildman–Crippen LogP) is 3.39. The standard InChI is InChI=1S/C14H12BrN3O/c1-2-18-9-11(15)7-13(18)14(19)17-12-5-3-10(8-16)4-6-12/h3-7,9H,2H2,1H3,(H,17,19). The van der Waals surface area contributed by atoms with Gasteiger partial charge in [0.15, 0.2) is 0 Å². The first-order chi connectivity index (χ1) is 9.13. The first kappa shape index (κ1) is 13.4. The molecule has 2 aromatic rings. The summed E-state index contributed by atoms with van der Waals surface area (Å²) < 4.78 is 2.74. The van der Waals surface area contributed by atoms with Gasteiger partial charge < -0.3 is 9.88 Å². The van der Waals surface area contributed by atoms with Crippen molar-refractivity contribution in [3.8, 4) is 6.07 Å². The van der Waals surface area contributed by atoms with Gasteiger partial charge in [0.2, 0.25) is 0 Å². The molecule has 19 heavy (non-hydrogen) atoms. The molecule has 0 aliphatic rings. The van der Waals surface area contributed by atoms with E-state index in [2.05, 4.69) is 21.2 Å². The average Bonchev–Trinajstić information content (AvgIpc) is 2.81. The van der Waals surface area contributed by atoms with Gasteiger partial charge >= 0.3 is 0 Å². The lowest BCUT2D eigenvalue weighted by Gasteiger charge is -2.07. The number of rotatable bonds is 3. The maximum Gasteiger partial charge on any atom is 0.272 e. The molecule has 0 fully saturated rings. The highest BCUT2D eigenvalue weighted by molar-refractivity contribution is 9.10. The molecular formula is C14H12BrN3O. The minimum Gasteiger partial charge on any atom is -0.343 e. The number of amides is 1. The third-order valence-corrected chi connectivity index (χ3v) is 3.14. The molecule has 0 aliphatic heterocycles. The third kappa shape index (κ3) is 3.04. The fourth-order valence-electron chi connectivity index (χ4n) is 1.75. The van der Waals surface area contributed by atoms with Crippen molar-refractivity contribution in [2.24, 2.45) is 0 Å². The summed E-state index contributed by atoms with van der Waals surface area (Å²) in [6, 6.07) is 10.6. The molecule has 1 aromatic carbocycles. The molecule has 96 valence electrons. The fraction of sp³-hybridized carbons (Fsp3) is 0.143. The number of carbonyl (C=O) groups excluding carboxylic acids is 1. The van der Waals surface area contributed by atoms with Crippen LogP contribution in [0.4, 0.5) is 5.69 Å². The van der Waals surface area contributed by atoms with Crippen molar-refractivity contribution in [2.45, 2.75) is 13.5 Å². The van der Waals surface area contributed by atoms with E-state index >= 15 is 0 Å². The predicted molar refractivity (Wildman–Crippen MR) is 76.9 cm³/mol. The fourth-order valence-corrected chi connectivity index (χ4v) is 2.21. The quantitative estimate of drug-likeness (QED) is 0.943. The molecule has 1 aromatic heterocycles. The smallest absolute Gasteiger partial charge is 0.272 e. The van der Waals surface area contributed by atoms with Gasteiger partial charge in [-0.05, 0) is 53.2 Å². The van der Waals surface area contributed by atoms with Crippen LogP contribution in [0.1, 0.15) is 23.0 Å². The number of nitrogens with zero attached hydrogens (tertiary/aromatic N) is 2. The summed E-state index contributed by atoms with van der Waals surface area (Å²) in [7, 11) is 0. The Balaban J connectivity index is 2.18. The second-order valence-corrected chi connectivity index (χ2v) is 4.89. The van der Waals surface area contributed by atoms with Crippen molar-refractivity contribution < 1.29 is 4.79 Å². The van der Waals surface area contributed by atoms with E-state index in [1.54, 1.807) is 30.3 Å². The molecule has 0 atom stereocenters. The number of aryl methyl sites for hydroxylation is 1. The number of hydrogen-bond acceptors (Lipinski definition) is 2. The van der Waals surface area contributed by atoms with Gasteiger partial charge in [0, 0.05) is 22.9 Å². The van der Waals surface area contributed by atoms with Crippen molar-refractivity contribution in [2.75, 3.05) is 5.32 Å². The number of anilines is 1. The number of halogens is 1. The van der Waals surface area contributed by atoms with Crippen LogP contribution in [0.5, 0.6) is 0 Å². The SMILES string of the molecule is CCn1cc(Br)cc1C(=O)Nc1ccc(C#N)cc1. The average molecular weight is 318 g/mol. The molecule has 0 bridgehead atoms. The highest BCUT2D eigenvalue weighted by Gasteiger charge is 2.12. The lowest BCUT2D eigenvalue weighted by Crippen LogP contribution is -2.16. The van der Waals surface area contributed by atoms with E-state index in [1.807, 2.05) is 23.8 Å². The molecule has 0 unspecified atom stereocenters. The number of nitriles is 1. The van der Waals surface area contributed by atoms with Gasteiger partial charge in [-0.3, -0.25) is 4.79 Å². The largest absolute Gasteiger partial charge is 0.343 e. The molecule has 4 nitrogen and oxygen atoms in total. The summed E-state index contributed by atoms with van der Waals surface area (Å²) in [5, 5.41) is 11.5. The minimum absolute atomic E-state index is 0.169. The van der Waals surface area contributed by atoms with Crippen LogP contribution in [0, 0.1) is 11.3 Å². The molecule has 5 heteroatoms. The van der Waals surface area contributed by atoms with Gasteiger partial charge in [-0.1, -0.05) is 0 Å². The molecule has 1 N–H and O–H groups in total. The Morgan fingerprint density at radius 2 is 2.11 bits per heavy atom. The number of nitrogens with one attached hydrogen (secondary N) is 1. The monoisotopic (exact) mass is 317 g/mol. The topological polar surface area (TPSA) is 57.8 Å². The Labute approximate surface area is 119 Å².